The van der Waals surface area contributed by atoms with Gasteiger partial charge in [0.1, 0.15) is 0 Å². The Kier molecular flexibility index (Phi) is 5.34. The van der Waals surface area contributed by atoms with Gasteiger partial charge in [-0.05, 0) is 63.4 Å². The van der Waals surface area contributed by atoms with Gasteiger partial charge in [0, 0.05) is 5.92 Å². The van der Waals surface area contributed by atoms with E-state index in [-0.39, 0.29) is 11.8 Å². The lowest BCUT2D eigenvalue weighted by Crippen LogP contribution is -2.32. The number of aliphatic hydroxyl groups excluding tert-OH is 1. The summed E-state index contributed by atoms with van der Waals surface area (Å²) >= 11 is 0. The molecule has 1 fully saturated rings. The minimum absolute atomic E-state index is 0.0745. The molecule has 0 heterocycles. The summed E-state index contributed by atoms with van der Waals surface area (Å²) in [6.45, 7) is 12.6. The van der Waals surface area contributed by atoms with Gasteiger partial charge in [0.05, 0.1) is 11.7 Å². The van der Waals surface area contributed by atoms with Gasteiger partial charge in [0.25, 0.3) is 0 Å². The molecular formula is C20H32O2. The van der Waals surface area contributed by atoms with Crippen molar-refractivity contribution in [2.75, 3.05) is 0 Å². The van der Waals surface area contributed by atoms with Crippen molar-refractivity contribution in [3.8, 4) is 0 Å². The van der Waals surface area contributed by atoms with Gasteiger partial charge >= 0.3 is 0 Å². The standard InChI is InChI=1S/C20H32O2/c1-13(2)17-12-18-16(9-10-20(18,5)22)15(4)8-6-7-14(3)11-19(17)21/h7,12-13,16,18-19,21-22H,4,6,8-11H2,1-3,5H3/b14-7+,17-12-/t16-,18+,19+,20-/m1/s1. The first-order chi connectivity index (χ1) is 10.2. The van der Waals surface area contributed by atoms with Gasteiger partial charge in [-0.15, -0.1) is 0 Å². The topological polar surface area (TPSA) is 40.5 Å². The highest BCUT2D eigenvalue weighted by molar-refractivity contribution is 5.24. The Labute approximate surface area is 135 Å². The van der Waals surface area contributed by atoms with Crippen LogP contribution in [0.15, 0.2) is 35.5 Å². The van der Waals surface area contributed by atoms with Crippen LogP contribution in [-0.2, 0) is 0 Å². The van der Waals surface area contributed by atoms with Gasteiger partial charge in [-0.25, -0.2) is 0 Å². The first-order valence-corrected chi connectivity index (χ1v) is 8.67. The molecule has 1 saturated carbocycles. The van der Waals surface area contributed by atoms with E-state index in [1.54, 1.807) is 0 Å². The highest BCUT2D eigenvalue weighted by Gasteiger charge is 2.43. The van der Waals surface area contributed by atoms with Crippen LogP contribution in [0, 0.1) is 17.8 Å². The van der Waals surface area contributed by atoms with Crippen LogP contribution in [0.1, 0.15) is 59.8 Å². The zero-order chi connectivity index (χ0) is 16.5. The summed E-state index contributed by atoms with van der Waals surface area (Å²) in [5, 5.41) is 21.5. The number of hydrogen-bond acceptors (Lipinski definition) is 2. The summed E-state index contributed by atoms with van der Waals surface area (Å²) in [5.74, 6) is 0.696. The third-order valence-electron chi connectivity index (χ3n) is 5.53. The Bertz CT molecular complexity index is 482. The third kappa shape index (κ3) is 3.72. The smallest absolute Gasteiger partial charge is 0.0789 e. The Morgan fingerprint density at radius 3 is 2.68 bits per heavy atom. The third-order valence-corrected chi connectivity index (χ3v) is 5.53. The van der Waals surface area contributed by atoms with Gasteiger partial charge in [-0.2, -0.15) is 0 Å². The quantitative estimate of drug-likeness (QED) is 0.705. The van der Waals surface area contributed by atoms with E-state index in [2.05, 4.69) is 39.5 Å². The summed E-state index contributed by atoms with van der Waals surface area (Å²) in [5.41, 5.74) is 2.87. The summed E-state index contributed by atoms with van der Waals surface area (Å²) in [6, 6.07) is 0. The van der Waals surface area contributed by atoms with E-state index >= 15 is 0 Å². The lowest BCUT2D eigenvalue weighted by Gasteiger charge is -2.30. The molecule has 0 saturated heterocycles. The molecule has 2 nitrogen and oxygen atoms in total. The average Bonchev–Trinajstić information content (AvgIpc) is 2.68. The van der Waals surface area contributed by atoms with Crippen LogP contribution in [0.25, 0.3) is 0 Å². The van der Waals surface area contributed by atoms with E-state index in [1.807, 2.05) is 6.92 Å². The molecule has 0 aromatic rings. The largest absolute Gasteiger partial charge is 0.390 e. The van der Waals surface area contributed by atoms with Crippen molar-refractivity contribution in [2.24, 2.45) is 17.8 Å². The Hall–Kier alpha value is -0.860. The molecule has 2 aliphatic rings. The van der Waals surface area contributed by atoms with Gasteiger partial charge in [-0.1, -0.05) is 43.7 Å². The van der Waals surface area contributed by atoms with E-state index in [4.69, 9.17) is 0 Å². The Morgan fingerprint density at radius 2 is 2.05 bits per heavy atom. The van der Waals surface area contributed by atoms with Gasteiger partial charge in [0.2, 0.25) is 0 Å². The number of rotatable bonds is 1. The maximum atomic E-state index is 10.8. The molecule has 124 valence electrons. The molecule has 0 bridgehead atoms. The van der Waals surface area contributed by atoms with Crippen LogP contribution in [-0.4, -0.2) is 21.9 Å². The van der Waals surface area contributed by atoms with Crippen LogP contribution in [0.2, 0.25) is 0 Å². The average molecular weight is 304 g/mol. The van der Waals surface area contributed by atoms with Gasteiger partial charge in [-0.3, -0.25) is 0 Å². The summed E-state index contributed by atoms with van der Waals surface area (Å²) in [7, 11) is 0. The minimum Gasteiger partial charge on any atom is -0.390 e. The normalized spacial score (nSPS) is 42.1. The SMILES string of the molecule is C=C1CC/C=C(\C)C[C@H](O)/C(C(C)C)=C\[C@H]2[C@@H]1CC[C@@]2(C)O. The molecule has 0 aromatic carbocycles. The monoisotopic (exact) mass is 304 g/mol. The number of fused-ring (bicyclic) bond motifs is 1. The fourth-order valence-electron chi connectivity index (χ4n) is 4.07. The fraction of sp³-hybridized carbons (Fsp3) is 0.700. The predicted octanol–water partition coefficient (Wildman–Crippen LogP) is 4.39. The molecule has 2 rings (SSSR count). The van der Waals surface area contributed by atoms with Gasteiger partial charge in [0.15, 0.2) is 0 Å². The van der Waals surface area contributed by atoms with Crippen molar-refractivity contribution < 1.29 is 10.2 Å². The van der Waals surface area contributed by atoms with Crippen molar-refractivity contribution in [3.63, 3.8) is 0 Å². The summed E-state index contributed by atoms with van der Waals surface area (Å²) < 4.78 is 0. The molecule has 2 heteroatoms. The second-order valence-electron chi connectivity index (χ2n) is 7.82. The fourth-order valence-corrected chi connectivity index (χ4v) is 4.07. The van der Waals surface area contributed by atoms with Crippen LogP contribution >= 0.6 is 0 Å². The molecule has 0 aliphatic heterocycles. The molecule has 4 atom stereocenters. The van der Waals surface area contributed by atoms with Crippen LogP contribution in [0.3, 0.4) is 0 Å². The minimum atomic E-state index is -0.690. The van der Waals surface area contributed by atoms with E-state index in [1.165, 1.54) is 11.1 Å². The second-order valence-corrected chi connectivity index (χ2v) is 7.82. The zero-order valence-corrected chi connectivity index (χ0v) is 14.6. The predicted molar refractivity (Wildman–Crippen MR) is 92.5 cm³/mol. The highest BCUT2D eigenvalue weighted by atomic mass is 16.3. The zero-order valence-electron chi connectivity index (χ0n) is 14.6. The van der Waals surface area contributed by atoms with Gasteiger partial charge < -0.3 is 10.2 Å². The maximum Gasteiger partial charge on any atom is 0.0789 e. The van der Waals surface area contributed by atoms with Crippen LogP contribution < -0.4 is 0 Å². The van der Waals surface area contributed by atoms with Crippen LogP contribution in [0.5, 0.6) is 0 Å². The van der Waals surface area contributed by atoms with E-state index in [0.29, 0.717) is 12.3 Å². The molecule has 2 N–H and O–H groups in total. The van der Waals surface area contributed by atoms with Crippen molar-refractivity contribution in [3.05, 3.63) is 35.5 Å². The molecule has 22 heavy (non-hydrogen) atoms. The number of hydrogen-bond donors (Lipinski definition) is 2. The molecule has 0 unspecified atom stereocenters. The lowest BCUT2D eigenvalue weighted by atomic mass is 9.79. The lowest BCUT2D eigenvalue weighted by molar-refractivity contribution is 0.0319. The summed E-state index contributed by atoms with van der Waals surface area (Å²) in [4.78, 5) is 0. The van der Waals surface area contributed by atoms with Crippen molar-refractivity contribution in [1.29, 1.82) is 0 Å². The van der Waals surface area contributed by atoms with E-state index in [0.717, 1.165) is 31.3 Å². The molecule has 0 aromatic heterocycles. The first kappa shape index (κ1) is 17.5. The van der Waals surface area contributed by atoms with Crippen molar-refractivity contribution in [1.82, 2.24) is 0 Å². The van der Waals surface area contributed by atoms with Crippen molar-refractivity contribution in [2.45, 2.75) is 71.5 Å². The van der Waals surface area contributed by atoms with E-state index in [9.17, 15) is 10.2 Å². The van der Waals surface area contributed by atoms with Crippen molar-refractivity contribution >= 4 is 0 Å². The highest BCUT2D eigenvalue weighted by Crippen LogP contribution is 2.46. The Balaban J connectivity index is 2.44. The molecule has 0 spiro atoms. The first-order valence-electron chi connectivity index (χ1n) is 8.67. The molecule has 0 radical (unpaired) electrons. The molecule has 2 aliphatic carbocycles. The Morgan fingerprint density at radius 1 is 1.36 bits per heavy atom. The second kappa shape index (κ2) is 6.72. The number of aliphatic hydroxyl groups is 2. The maximum absolute atomic E-state index is 10.8. The molecule has 0 amide bonds. The summed E-state index contributed by atoms with van der Waals surface area (Å²) in [6.07, 6.45) is 8.44. The molecular weight excluding hydrogens is 272 g/mol. The number of allylic oxidation sites excluding steroid dienone is 2. The van der Waals surface area contributed by atoms with E-state index < -0.39 is 11.7 Å². The van der Waals surface area contributed by atoms with Crippen LogP contribution in [0.4, 0.5) is 0 Å².